The zero-order valence-corrected chi connectivity index (χ0v) is 13.8. The van der Waals surface area contributed by atoms with Crippen molar-refractivity contribution in [3.8, 4) is 5.75 Å². The number of ether oxygens (including phenoxy) is 1. The molecule has 1 aromatic rings. The van der Waals surface area contributed by atoms with Crippen LogP contribution in [0.5, 0.6) is 5.75 Å². The van der Waals surface area contributed by atoms with Crippen LogP contribution in [-0.4, -0.2) is 36.3 Å². The third kappa shape index (κ3) is 2.23. The predicted octanol–water partition coefficient (Wildman–Crippen LogP) is 2.48. The van der Waals surface area contributed by atoms with Gasteiger partial charge in [-0.05, 0) is 62.0 Å². The molecular formula is C19H23NO3. The van der Waals surface area contributed by atoms with Crippen LogP contribution in [0.2, 0.25) is 0 Å². The summed E-state index contributed by atoms with van der Waals surface area (Å²) >= 11 is 0. The van der Waals surface area contributed by atoms with Crippen LogP contribution in [0.4, 0.5) is 0 Å². The van der Waals surface area contributed by atoms with Gasteiger partial charge in [-0.2, -0.15) is 0 Å². The van der Waals surface area contributed by atoms with Gasteiger partial charge in [0.2, 0.25) is 0 Å². The van der Waals surface area contributed by atoms with E-state index in [0.717, 1.165) is 32.2 Å². The maximum atomic E-state index is 12.3. The Morgan fingerprint density at radius 1 is 1.39 bits per heavy atom. The zero-order chi connectivity index (χ0) is 16.2. The normalized spacial score (nSPS) is 32.9. The zero-order valence-electron chi connectivity index (χ0n) is 13.8. The van der Waals surface area contributed by atoms with Crippen molar-refractivity contribution in [1.82, 2.24) is 4.90 Å². The molecule has 0 radical (unpaired) electrons. The van der Waals surface area contributed by atoms with Crippen molar-refractivity contribution in [3.63, 3.8) is 0 Å². The van der Waals surface area contributed by atoms with Crippen molar-refractivity contribution < 1.29 is 14.3 Å². The molecule has 1 heterocycles. The molecule has 1 saturated carbocycles. The number of esters is 1. The second kappa shape index (κ2) is 5.17. The Morgan fingerprint density at radius 2 is 2.22 bits per heavy atom. The van der Waals surface area contributed by atoms with Gasteiger partial charge in [0.15, 0.2) is 0 Å². The van der Waals surface area contributed by atoms with E-state index in [2.05, 4.69) is 18.0 Å². The average molecular weight is 313 g/mol. The smallest absolute Gasteiger partial charge is 0.308 e. The van der Waals surface area contributed by atoms with E-state index in [4.69, 9.17) is 4.74 Å². The lowest BCUT2D eigenvalue weighted by atomic mass is 9.52. The molecule has 4 nitrogen and oxygen atoms in total. The van der Waals surface area contributed by atoms with E-state index in [0.29, 0.717) is 29.9 Å². The number of likely N-dealkylation sites (N-methyl/N-ethyl adjacent to an activating group) is 1. The van der Waals surface area contributed by atoms with E-state index in [9.17, 15) is 9.59 Å². The van der Waals surface area contributed by atoms with E-state index < -0.39 is 0 Å². The fourth-order valence-electron chi connectivity index (χ4n) is 5.23. The molecule has 0 unspecified atom stereocenters. The van der Waals surface area contributed by atoms with Crippen molar-refractivity contribution in [1.29, 1.82) is 0 Å². The first kappa shape index (κ1) is 14.9. The summed E-state index contributed by atoms with van der Waals surface area (Å²) in [6.07, 6.45) is 4.42. The number of fused-ring (bicyclic) bond motifs is 1. The highest BCUT2D eigenvalue weighted by Crippen LogP contribution is 2.55. The van der Waals surface area contributed by atoms with Crippen molar-refractivity contribution in [3.05, 3.63) is 29.3 Å². The molecule has 2 bridgehead atoms. The number of benzene rings is 1. The Hall–Kier alpha value is -1.68. The molecule has 1 aromatic carbocycles. The molecule has 0 aromatic heterocycles. The Labute approximate surface area is 136 Å². The minimum atomic E-state index is -0.296. The van der Waals surface area contributed by atoms with Crippen LogP contribution in [0, 0.1) is 5.92 Å². The molecule has 2 fully saturated rings. The Bertz CT molecular complexity index is 683. The first-order valence-electron chi connectivity index (χ1n) is 8.53. The van der Waals surface area contributed by atoms with Crippen LogP contribution in [-0.2, 0) is 21.4 Å². The Kier molecular flexibility index (Phi) is 3.34. The maximum Gasteiger partial charge on any atom is 0.308 e. The van der Waals surface area contributed by atoms with E-state index in [1.807, 2.05) is 12.1 Å². The molecular weight excluding hydrogens is 290 g/mol. The first-order chi connectivity index (χ1) is 11.0. The lowest BCUT2D eigenvalue weighted by Crippen LogP contribution is -2.60. The number of carbonyl (C=O) groups excluding carboxylic acids is 2. The first-order valence-corrected chi connectivity index (χ1v) is 8.53. The fraction of sp³-hybridized carbons (Fsp3) is 0.579. The number of piperidine rings is 1. The molecule has 4 heteroatoms. The third-order valence-corrected chi connectivity index (χ3v) is 6.21. The molecule has 2 aliphatic carbocycles. The van der Waals surface area contributed by atoms with Crippen LogP contribution >= 0.6 is 0 Å². The fourth-order valence-corrected chi connectivity index (χ4v) is 5.23. The maximum absolute atomic E-state index is 12.3. The number of rotatable bonds is 1. The molecule has 3 aliphatic rings. The number of Topliss-reactive ketones (excluding diaryl/α,β-unsaturated/α-hetero) is 1. The third-order valence-electron chi connectivity index (χ3n) is 6.21. The molecule has 4 rings (SSSR count). The number of hydrogen-bond donors (Lipinski definition) is 0. The number of ketones is 1. The van der Waals surface area contributed by atoms with Crippen LogP contribution < -0.4 is 4.74 Å². The van der Waals surface area contributed by atoms with Crippen molar-refractivity contribution in [2.24, 2.45) is 5.92 Å². The van der Waals surface area contributed by atoms with Crippen LogP contribution in [0.3, 0.4) is 0 Å². The summed E-state index contributed by atoms with van der Waals surface area (Å²) in [4.78, 5) is 26.0. The van der Waals surface area contributed by atoms with Gasteiger partial charge in [-0.25, -0.2) is 0 Å². The van der Waals surface area contributed by atoms with Gasteiger partial charge in [0.05, 0.1) is 0 Å². The lowest BCUT2D eigenvalue weighted by molar-refractivity contribution is -0.132. The van der Waals surface area contributed by atoms with Gasteiger partial charge >= 0.3 is 5.97 Å². The summed E-state index contributed by atoms with van der Waals surface area (Å²) in [5.41, 5.74) is 2.54. The van der Waals surface area contributed by atoms with E-state index >= 15 is 0 Å². The average Bonchev–Trinajstić information content (AvgIpc) is 2.50. The number of hydrogen-bond acceptors (Lipinski definition) is 4. The Balaban J connectivity index is 1.84. The summed E-state index contributed by atoms with van der Waals surface area (Å²) in [7, 11) is 2.21. The van der Waals surface area contributed by atoms with Gasteiger partial charge in [0.25, 0.3) is 0 Å². The van der Waals surface area contributed by atoms with Crippen molar-refractivity contribution in [2.75, 3.05) is 13.6 Å². The standard InChI is InChI=1S/C19H23NO3/c1-12(21)23-15-5-3-13-9-18-16-6-4-14(22)11-19(16,17(13)10-15)7-8-20(18)2/h3,5,10,16,18H,4,6-9,11H2,1-2H3/t16-,18+,19-/m0/s1. The molecule has 122 valence electrons. The minimum Gasteiger partial charge on any atom is -0.427 e. The van der Waals surface area contributed by atoms with Crippen LogP contribution in [0.25, 0.3) is 0 Å². The minimum absolute atomic E-state index is 0.0454. The number of nitrogens with zero attached hydrogens (tertiary/aromatic N) is 1. The van der Waals surface area contributed by atoms with Gasteiger partial charge in [-0.1, -0.05) is 6.07 Å². The molecule has 1 aliphatic heterocycles. The summed E-state index contributed by atoms with van der Waals surface area (Å²) in [6, 6.07) is 6.54. The molecule has 0 N–H and O–H groups in total. The predicted molar refractivity (Wildman–Crippen MR) is 86.5 cm³/mol. The second-order valence-corrected chi connectivity index (χ2v) is 7.43. The van der Waals surface area contributed by atoms with Crippen LogP contribution in [0.1, 0.15) is 43.7 Å². The molecule has 3 atom stereocenters. The van der Waals surface area contributed by atoms with Gasteiger partial charge in [0.1, 0.15) is 11.5 Å². The Morgan fingerprint density at radius 3 is 3.00 bits per heavy atom. The van der Waals surface area contributed by atoms with Gasteiger partial charge < -0.3 is 9.64 Å². The van der Waals surface area contributed by atoms with Gasteiger partial charge in [-0.3, -0.25) is 9.59 Å². The molecule has 0 spiro atoms. The summed E-state index contributed by atoms with van der Waals surface area (Å²) in [5, 5.41) is 0. The van der Waals surface area contributed by atoms with E-state index in [-0.39, 0.29) is 11.4 Å². The largest absolute Gasteiger partial charge is 0.427 e. The van der Waals surface area contributed by atoms with E-state index in [1.165, 1.54) is 18.1 Å². The molecule has 1 saturated heterocycles. The van der Waals surface area contributed by atoms with Gasteiger partial charge in [0, 0.05) is 31.2 Å². The second-order valence-electron chi connectivity index (χ2n) is 7.43. The highest BCUT2D eigenvalue weighted by Gasteiger charge is 2.54. The summed E-state index contributed by atoms with van der Waals surface area (Å²) in [5.74, 6) is 1.24. The van der Waals surface area contributed by atoms with Gasteiger partial charge in [-0.15, -0.1) is 0 Å². The lowest BCUT2D eigenvalue weighted by Gasteiger charge is -2.58. The quantitative estimate of drug-likeness (QED) is 0.590. The van der Waals surface area contributed by atoms with E-state index in [1.54, 1.807) is 0 Å². The SMILES string of the molecule is CC(=O)Oc1ccc2c(c1)[C@]13CCN(C)[C@H](C2)[C@@H]1CCC(=O)C3. The van der Waals surface area contributed by atoms with Crippen molar-refractivity contribution in [2.45, 2.75) is 50.5 Å². The molecule has 0 amide bonds. The number of carbonyl (C=O) groups is 2. The summed E-state index contributed by atoms with van der Waals surface area (Å²) in [6.45, 7) is 2.46. The molecule has 23 heavy (non-hydrogen) atoms. The number of likely N-dealkylation sites (tertiary alicyclic amines) is 1. The monoisotopic (exact) mass is 313 g/mol. The highest BCUT2D eigenvalue weighted by atomic mass is 16.5. The topological polar surface area (TPSA) is 46.6 Å². The van der Waals surface area contributed by atoms with Crippen LogP contribution in [0.15, 0.2) is 18.2 Å². The highest BCUT2D eigenvalue weighted by molar-refractivity contribution is 5.81. The summed E-state index contributed by atoms with van der Waals surface area (Å²) < 4.78 is 5.31. The van der Waals surface area contributed by atoms with Crippen molar-refractivity contribution >= 4 is 11.8 Å².